The van der Waals surface area contributed by atoms with Gasteiger partial charge in [0.25, 0.3) is 0 Å². The maximum absolute atomic E-state index is 12.9. The molecule has 9 nitrogen and oxygen atoms in total. The van der Waals surface area contributed by atoms with Crippen molar-refractivity contribution in [1.82, 2.24) is 10.2 Å². The summed E-state index contributed by atoms with van der Waals surface area (Å²) in [7, 11) is -2.81. The molecule has 3 rings (SSSR count). The van der Waals surface area contributed by atoms with Crippen LogP contribution in [0.3, 0.4) is 0 Å². The lowest BCUT2D eigenvalue weighted by atomic mass is 9.87. The predicted octanol–water partition coefficient (Wildman–Crippen LogP) is 1.39. The van der Waals surface area contributed by atoms with Crippen LogP contribution in [0.2, 0.25) is 0 Å². The topological polar surface area (TPSA) is 122 Å². The Balaban J connectivity index is 1.67. The molecule has 2 bridgehead atoms. The highest BCUT2D eigenvalue weighted by molar-refractivity contribution is 7.61. The molecule has 176 valence electrons. The predicted molar refractivity (Wildman–Crippen MR) is 117 cm³/mol. The van der Waals surface area contributed by atoms with E-state index >= 15 is 0 Å². The van der Waals surface area contributed by atoms with Gasteiger partial charge in [0.15, 0.2) is 0 Å². The Morgan fingerprint density at radius 1 is 1.19 bits per heavy atom. The Labute approximate surface area is 188 Å². The standard InChI is InChI=1S/C22H31N2O7P/c1-15(25)8-11-20(26)23-12-13-24-16-9-10-18(24)21(22(27)30-2)19(14-16)31-32(28,29)17-6-4-3-5-7-17/h3-7,16,18-19,21H,8-14H2,1-2H3,(H,23,26)(H,28,29)/t16?,18?,19?,21-/m1/s1. The number of nitrogens with zero attached hydrogens (tertiary/aromatic N) is 1. The van der Waals surface area contributed by atoms with E-state index in [1.54, 1.807) is 18.2 Å². The van der Waals surface area contributed by atoms with Gasteiger partial charge in [-0.2, -0.15) is 0 Å². The van der Waals surface area contributed by atoms with Gasteiger partial charge in [-0.1, -0.05) is 18.2 Å². The molecule has 1 aromatic rings. The van der Waals surface area contributed by atoms with Crippen LogP contribution in [0, 0.1) is 5.92 Å². The quantitative estimate of drug-likeness (QED) is 0.392. The Bertz CT molecular complexity index is 878. The fraction of sp³-hybridized carbons (Fsp3) is 0.591. The number of rotatable bonds is 10. The molecule has 4 unspecified atom stereocenters. The molecule has 10 heteroatoms. The number of benzene rings is 1. The van der Waals surface area contributed by atoms with E-state index in [9.17, 15) is 23.8 Å². The maximum Gasteiger partial charge on any atom is 0.359 e. The number of ether oxygens (including phenoxy) is 1. The van der Waals surface area contributed by atoms with Crippen molar-refractivity contribution in [2.24, 2.45) is 5.92 Å². The molecule has 0 aliphatic carbocycles. The van der Waals surface area contributed by atoms with Crippen LogP contribution in [0.4, 0.5) is 0 Å². The summed E-state index contributed by atoms with van der Waals surface area (Å²) in [5.74, 6) is -1.38. The monoisotopic (exact) mass is 466 g/mol. The van der Waals surface area contributed by atoms with Gasteiger partial charge in [0.1, 0.15) is 5.78 Å². The molecule has 0 aromatic heterocycles. The summed E-state index contributed by atoms with van der Waals surface area (Å²) in [6.07, 6.45) is 1.63. The van der Waals surface area contributed by atoms with Gasteiger partial charge in [0.2, 0.25) is 5.91 Å². The molecular weight excluding hydrogens is 435 g/mol. The van der Waals surface area contributed by atoms with E-state index in [1.165, 1.54) is 26.2 Å². The number of Topliss-reactive ketones (excluding diaryl/α,β-unsaturated/α-hetero) is 1. The molecule has 2 heterocycles. The fourth-order valence-corrected chi connectivity index (χ4v) is 5.99. The lowest BCUT2D eigenvalue weighted by molar-refractivity contribution is -0.155. The van der Waals surface area contributed by atoms with Crippen LogP contribution >= 0.6 is 7.60 Å². The van der Waals surface area contributed by atoms with Crippen LogP contribution in [0.25, 0.3) is 0 Å². The summed E-state index contributed by atoms with van der Waals surface area (Å²) in [5.41, 5.74) is 0. The number of hydrogen-bond donors (Lipinski definition) is 2. The molecule has 0 spiro atoms. The molecular formula is C22H31N2O7P. The summed E-state index contributed by atoms with van der Waals surface area (Å²) in [6.45, 7) is 2.38. The number of piperidine rings is 1. The first-order valence-electron chi connectivity index (χ1n) is 10.9. The Morgan fingerprint density at radius 3 is 2.56 bits per heavy atom. The zero-order chi connectivity index (χ0) is 23.3. The summed E-state index contributed by atoms with van der Waals surface area (Å²) < 4.78 is 23.6. The molecule has 2 fully saturated rings. The first kappa shape index (κ1) is 24.6. The molecule has 2 N–H and O–H groups in total. The molecule has 32 heavy (non-hydrogen) atoms. The largest absolute Gasteiger partial charge is 0.469 e. The van der Waals surface area contributed by atoms with Gasteiger partial charge in [-0.25, -0.2) is 0 Å². The lowest BCUT2D eigenvalue weighted by Gasteiger charge is -2.43. The van der Waals surface area contributed by atoms with Crippen molar-refractivity contribution < 1.29 is 33.1 Å². The van der Waals surface area contributed by atoms with Crippen molar-refractivity contribution in [2.45, 2.75) is 57.2 Å². The van der Waals surface area contributed by atoms with Crippen molar-refractivity contribution in [3.8, 4) is 0 Å². The number of methoxy groups -OCH3 is 1. The Kier molecular flexibility index (Phi) is 8.22. The molecule has 2 saturated heterocycles. The van der Waals surface area contributed by atoms with E-state index in [0.717, 1.165) is 12.8 Å². The number of carbonyl (C=O) groups is 3. The molecule has 2 aliphatic rings. The minimum absolute atomic E-state index is 0.0298. The molecule has 0 saturated carbocycles. The van der Waals surface area contributed by atoms with Crippen LogP contribution in [0.1, 0.15) is 39.0 Å². The van der Waals surface area contributed by atoms with Crippen molar-refractivity contribution in [1.29, 1.82) is 0 Å². The Morgan fingerprint density at radius 2 is 1.91 bits per heavy atom. The average Bonchev–Trinajstić information content (AvgIpc) is 3.04. The highest BCUT2D eigenvalue weighted by atomic mass is 31.2. The highest BCUT2D eigenvalue weighted by Crippen LogP contribution is 2.49. The van der Waals surface area contributed by atoms with E-state index in [-0.39, 0.29) is 41.9 Å². The van der Waals surface area contributed by atoms with Crippen LogP contribution in [-0.4, -0.2) is 65.8 Å². The second-order valence-corrected chi connectivity index (χ2v) is 10.1. The smallest absolute Gasteiger partial charge is 0.359 e. The average molecular weight is 466 g/mol. The van der Waals surface area contributed by atoms with Crippen molar-refractivity contribution >= 4 is 30.6 Å². The fourth-order valence-electron chi connectivity index (χ4n) is 4.73. The number of carbonyl (C=O) groups excluding carboxylic acids is 3. The minimum Gasteiger partial charge on any atom is -0.469 e. The normalized spacial score (nSPS) is 26.8. The van der Waals surface area contributed by atoms with Crippen LogP contribution in [0.15, 0.2) is 30.3 Å². The molecule has 1 amide bonds. The minimum atomic E-state index is -4.11. The molecule has 2 aliphatic heterocycles. The summed E-state index contributed by atoms with van der Waals surface area (Å²) in [4.78, 5) is 48.3. The van der Waals surface area contributed by atoms with Gasteiger partial charge in [0.05, 0.1) is 24.4 Å². The third-order valence-corrected chi connectivity index (χ3v) is 7.75. The third kappa shape index (κ3) is 5.84. The van der Waals surface area contributed by atoms with Gasteiger partial charge >= 0.3 is 13.6 Å². The van der Waals surface area contributed by atoms with Crippen molar-refractivity contribution in [3.63, 3.8) is 0 Å². The van der Waals surface area contributed by atoms with E-state index in [2.05, 4.69) is 10.2 Å². The highest BCUT2D eigenvalue weighted by Gasteiger charge is 2.52. The van der Waals surface area contributed by atoms with E-state index in [0.29, 0.717) is 19.5 Å². The maximum atomic E-state index is 12.9. The van der Waals surface area contributed by atoms with Gasteiger partial charge in [-0.15, -0.1) is 0 Å². The van der Waals surface area contributed by atoms with E-state index in [4.69, 9.17) is 9.26 Å². The van der Waals surface area contributed by atoms with Crippen LogP contribution in [-0.2, 0) is 28.2 Å². The molecule has 0 radical (unpaired) electrons. The number of ketones is 1. The van der Waals surface area contributed by atoms with Crippen molar-refractivity contribution in [3.05, 3.63) is 30.3 Å². The lowest BCUT2D eigenvalue weighted by Crippen LogP contribution is -2.56. The number of hydrogen-bond acceptors (Lipinski definition) is 7. The summed E-state index contributed by atoms with van der Waals surface area (Å²) in [5, 5.41) is 3.01. The number of nitrogens with one attached hydrogen (secondary N) is 1. The summed E-state index contributed by atoms with van der Waals surface area (Å²) >= 11 is 0. The zero-order valence-corrected chi connectivity index (χ0v) is 19.3. The van der Waals surface area contributed by atoms with Crippen LogP contribution < -0.4 is 10.6 Å². The number of amides is 1. The van der Waals surface area contributed by atoms with Crippen molar-refractivity contribution in [2.75, 3.05) is 20.2 Å². The summed E-state index contributed by atoms with van der Waals surface area (Å²) in [6, 6.07) is 8.02. The van der Waals surface area contributed by atoms with Crippen LogP contribution in [0.5, 0.6) is 0 Å². The first-order chi connectivity index (χ1) is 15.2. The van der Waals surface area contributed by atoms with Gasteiger partial charge < -0.3 is 24.3 Å². The SMILES string of the molecule is COC(=O)[C@H]1C(OP(=O)(O)c2ccccc2)CC2CCC1N2CCNC(=O)CCC(C)=O. The number of fused-ring (bicyclic) bond motifs is 2. The third-order valence-electron chi connectivity index (χ3n) is 6.24. The first-order valence-corrected chi connectivity index (χ1v) is 12.5. The Hall–Kier alpha value is -2.06. The molecule has 5 atom stereocenters. The van der Waals surface area contributed by atoms with E-state index < -0.39 is 25.6 Å². The second kappa shape index (κ2) is 10.7. The van der Waals surface area contributed by atoms with Gasteiger partial charge in [0, 0.05) is 38.0 Å². The molecule has 1 aromatic carbocycles. The van der Waals surface area contributed by atoms with E-state index in [1.807, 2.05) is 0 Å². The van der Waals surface area contributed by atoms with Gasteiger partial charge in [-0.05, 0) is 38.3 Å². The second-order valence-electron chi connectivity index (χ2n) is 8.37. The number of esters is 1. The van der Waals surface area contributed by atoms with Gasteiger partial charge in [-0.3, -0.25) is 19.1 Å². The zero-order valence-electron chi connectivity index (χ0n) is 18.4.